The van der Waals surface area contributed by atoms with Crippen LogP contribution in [0.5, 0.6) is 0 Å². The summed E-state index contributed by atoms with van der Waals surface area (Å²) in [7, 11) is 0. The minimum Gasteiger partial charge on any atom is -0.481 e. The van der Waals surface area contributed by atoms with E-state index in [1.165, 1.54) is 0 Å². The summed E-state index contributed by atoms with van der Waals surface area (Å²) in [6.45, 7) is 0. The molecular formula is C12H12ClNO5. The Labute approximate surface area is 114 Å². The van der Waals surface area contributed by atoms with Gasteiger partial charge < -0.3 is 15.5 Å². The Balaban J connectivity index is 2.62. The van der Waals surface area contributed by atoms with Crippen LogP contribution < -0.4 is 5.32 Å². The van der Waals surface area contributed by atoms with Crippen molar-refractivity contribution in [3.8, 4) is 0 Å². The minimum atomic E-state index is -1.44. The van der Waals surface area contributed by atoms with Crippen LogP contribution in [0.1, 0.15) is 12.0 Å². The fraction of sp³-hybridized carbons (Fsp3) is 0.250. The molecule has 0 saturated heterocycles. The van der Waals surface area contributed by atoms with Gasteiger partial charge in [0.2, 0.25) is 5.91 Å². The third-order valence-electron chi connectivity index (χ3n) is 2.27. The van der Waals surface area contributed by atoms with Crippen LogP contribution in [0.25, 0.3) is 0 Å². The fourth-order valence-electron chi connectivity index (χ4n) is 1.45. The molecule has 6 nitrogen and oxygen atoms in total. The number of aliphatic carboxylic acids is 2. The van der Waals surface area contributed by atoms with Crippen LogP contribution in [-0.2, 0) is 20.8 Å². The van der Waals surface area contributed by atoms with Crippen LogP contribution in [0.4, 0.5) is 0 Å². The molecule has 3 N–H and O–H groups in total. The van der Waals surface area contributed by atoms with Gasteiger partial charge in [0, 0.05) is 5.02 Å². The van der Waals surface area contributed by atoms with E-state index in [4.69, 9.17) is 21.8 Å². The molecule has 1 unspecified atom stereocenters. The van der Waals surface area contributed by atoms with Gasteiger partial charge in [-0.25, -0.2) is 4.79 Å². The van der Waals surface area contributed by atoms with Crippen LogP contribution in [-0.4, -0.2) is 34.1 Å². The maximum Gasteiger partial charge on any atom is 0.326 e. The average molecular weight is 286 g/mol. The highest BCUT2D eigenvalue weighted by Crippen LogP contribution is 2.11. The molecule has 0 saturated carbocycles. The zero-order valence-corrected chi connectivity index (χ0v) is 10.6. The highest BCUT2D eigenvalue weighted by Gasteiger charge is 2.22. The van der Waals surface area contributed by atoms with E-state index in [-0.39, 0.29) is 6.42 Å². The Hall–Kier alpha value is -2.08. The van der Waals surface area contributed by atoms with Crippen molar-refractivity contribution in [1.82, 2.24) is 5.32 Å². The number of nitrogens with one attached hydrogen (secondary N) is 1. The van der Waals surface area contributed by atoms with E-state index in [0.717, 1.165) is 0 Å². The number of carboxylic acids is 2. The lowest BCUT2D eigenvalue weighted by Gasteiger charge is -2.12. The molecule has 7 heteroatoms. The lowest BCUT2D eigenvalue weighted by Crippen LogP contribution is -2.42. The van der Waals surface area contributed by atoms with E-state index in [1.54, 1.807) is 24.3 Å². The van der Waals surface area contributed by atoms with Crippen LogP contribution in [0, 0.1) is 0 Å². The first-order valence-corrected chi connectivity index (χ1v) is 5.74. The molecule has 0 spiro atoms. The molecule has 0 bridgehead atoms. The Bertz CT molecular complexity index is 503. The molecule has 1 atom stereocenters. The number of carboxylic acid groups (broad SMARTS) is 2. The van der Waals surface area contributed by atoms with Gasteiger partial charge in [-0.3, -0.25) is 9.59 Å². The minimum absolute atomic E-state index is 0.0655. The lowest BCUT2D eigenvalue weighted by atomic mass is 10.1. The summed E-state index contributed by atoms with van der Waals surface area (Å²) >= 11 is 5.75. The number of benzene rings is 1. The third kappa shape index (κ3) is 5.39. The van der Waals surface area contributed by atoms with Crippen molar-refractivity contribution in [1.29, 1.82) is 0 Å². The van der Waals surface area contributed by atoms with Gasteiger partial charge >= 0.3 is 11.9 Å². The molecule has 102 valence electrons. The number of hydrogen-bond donors (Lipinski definition) is 3. The van der Waals surface area contributed by atoms with Crippen LogP contribution >= 0.6 is 11.6 Å². The maximum absolute atomic E-state index is 11.6. The van der Waals surface area contributed by atoms with E-state index in [9.17, 15) is 14.4 Å². The molecule has 1 aromatic rings. The molecule has 19 heavy (non-hydrogen) atoms. The van der Waals surface area contributed by atoms with Crippen molar-refractivity contribution >= 4 is 29.4 Å². The summed E-state index contributed by atoms with van der Waals surface area (Å²) in [6.07, 6.45) is -0.736. The highest BCUT2D eigenvalue weighted by molar-refractivity contribution is 6.30. The van der Waals surface area contributed by atoms with Gasteiger partial charge in [0.05, 0.1) is 12.8 Å². The Kier molecular flexibility index (Phi) is 5.32. The Morgan fingerprint density at radius 2 is 1.95 bits per heavy atom. The first-order valence-electron chi connectivity index (χ1n) is 5.37. The summed E-state index contributed by atoms with van der Waals surface area (Å²) in [4.78, 5) is 32.9. The summed E-state index contributed by atoms with van der Waals surface area (Å²) in [5.74, 6) is -3.26. The molecule has 1 aromatic carbocycles. The molecule has 1 amide bonds. The average Bonchev–Trinajstić information content (AvgIpc) is 2.27. The monoisotopic (exact) mass is 285 g/mol. The number of carbonyl (C=O) groups is 3. The zero-order chi connectivity index (χ0) is 14.4. The smallest absolute Gasteiger partial charge is 0.326 e. The highest BCUT2D eigenvalue weighted by atomic mass is 35.5. The van der Waals surface area contributed by atoms with Crippen molar-refractivity contribution in [3.63, 3.8) is 0 Å². The molecule has 0 aliphatic rings. The molecule has 0 fully saturated rings. The number of amides is 1. The first-order chi connectivity index (χ1) is 8.88. The fourth-order valence-corrected chi connectivity index (χ4v) is 1.67. The molecule has 0 heterocycles. The summed E-state index contributed by atoms with van der Waals surface area (Å²) < 4.78 is 0. The van der Waals surface area contributed by atoms with Gasteiger partial charge in [-0.05, 0) is 17.7 Å². The van der Waals surface area contributed by atoms with E-state index in [0.29, 0.717) is 10.6 Å². The zero-order valence-electron chi connectivity index (χ0n) is 9.80. The lowest BCUT2D eigenvalue weighted by molar-refractivity contribution is -0.147. The Morgan fingerprint density at radius 1 is 1.26 bits per heavy atom. The molecule has 0 radical (unpaired) electrons. The Morgan fingerprint density at radius 3 is 2.47 bits per heavy atom. The topological polar surface area (TPSA) is 104 Å². The standard InChI is InChI=1S/C12H12ClNO5/c13-8-3-1-2-7(4-8)5-10(15)14-9(12(18)19)6-11(16)17/h1-4,9H,5-6H2,(H,14,15)(H,16,17)(H,18,19). The molecule has 0 aliphatic carbocycles. The largest absolute Gasteiger partial charge is 0.481 e. The SMILES string of the molecule is O=C(O)CC(NC(=O)Cc1cccc(Cl)c1)C(=O)O. The normalized spacial score (nSPS) is 11.6. The van der Waals surface area contributed by atoms with E-state index in [2.05, 4.69) is 5.32 Å². The molecule has 0 aromatic heterocycles. The molecular weight excluding hydrogens is 274 g/mol. The predicted octanol–water partition coefficient (Wildman–Crippen LogP) is 0.927. The van der Waals surface area contributed by atoms with E-state index in [1.807, 2.05) is 0 Å². The second-order valence-electron chi connectivity index (χ2n) is 3.86. The summed E-state index contributed by atoms with van der Waals surface area (Å²) in [6, 6.07) is 5.11. The van der Waals surface area contributed by atoms with Gasteiger partial charge in [0.1, 0.15) is 6.04 Å². The number of hydrogen-bond acceptors (Lipinski definition) is 3. The summed E-state index contributed by atoms with van der Waals surface area (Å²) in [5, 5.41) is 19.9. The van der Waals surface area contributed by atoms with Crippen molar-refractivity contribution < 1.29 is 24.6 Å². The van der Waals surface area contributed by atoms with Crippen molar-refractivity contribution in [2.75, 3.05) is 0 Å². The van der Waals surface area contributed by atoms with Crippen molar-refractivity contribution in [2.24, 2.45) is 0 Å². The van der Waals surface area contributed by atoms with Crippen LogP contribution in [0.3, 0.4) is 0 Å². The second kappa shape index (κ2) is 6.75. The molecule has 0 aliphatic heterocycles. The number of halogens is 1. The van der Waals surface area contributed by atoms with Crippen molar-refractivity contribution in [2.45, 2.75) is 18.9 Å². The van der Waals surface area contributed by atoms with Crippen molar-refractivity contribution in [3.05, 3.63) is 34.9 Å². The van der Waals surface area contributed by atoms with E-state index < -0.39 is 30.3 Å². The van der Waals surface area contributed by atoms with Gasteiger partial charge in [0.15, 0.2) is 0 Å². The first kappa shape index (κ1) is 15.0. The van der Waals surface area contributed by atoms with Crippen LogP contribution in [0.15, 0.2) is 24.3 Å². The second-order valence-corrected chi connectivity index (χ2v) is 4.30. The summed E-state index contributed by atoms with van der Waals surface area (Å²) in [5.41, 5.74) is 0.615. The van der Waals surface area contributed by atoms with Gasteiger partial charge in [0.25, 0.3) is 0 Å². The van der Waals surface area contributed by atoms with E-state index >= 15 is 0 Å². The predicted molar refractivity (Wildman–Crippen MR) is 67.0 cm³/mol. The van der Waals surface area contributed by atoms with Crippen LogP contribution in [0.2, 0.25) is 5.02 Å². The quantitative estimate of drug-likeness (QED) is 0.721. The maximum atomic E-state index is 11.6. The molecule has 1 rings (SSSR count). The van der Waals surface area contributed by atoms with Gasteiger partial charge in [-0.1, -0.05) is 23.7 Å². The van der Waals surface area contributed by atoms with Gasteiger partial charge in [-0.2, -0.15) is 0 Å². The number of rotatable bonds is 6. The third-order valence-corrected chi connectivity index (χ3v) is 2.50. The number of carbonyl (C=O) groups excluding carboxylic acids is 1. The van der Waals surface area contributed by atoms with Gasteiger partial charge in [-0.15, -0.1) is 0 Å².